The van der Waals surface area contributed by atoms with Crippen LogP contribution in [0.25, 0.3) is 5.69 Å². The molecule has 0 saturated carbocycles. The lowest BCUT2D eigenvalue weighted by molar-refractivity contribution is 0.169. The molecule has 142 valence electrons. The van der Waals surface area contributed by atoms with E-state index in [1.54, 1.807) is 19.1 Å². The summed E-state index contributed by atoms with van der Waals surface area (Å²) in [6.45, 7) is 4.36. The predicted octanol–water partition coefficient (Wildman–Crippen LogP) is 3.10. The quantitative estimate of drug-likeness (QED) is 0.751. The van der Waals surface area contributed by atoms with Gasteiger partial charge < -0.3 is 9.67 Å². The molecule has 3 heterocycles. The second-order valence-corrected chi connectivity index (χ2v) is 7.13. The Morgan fingerprint density at radius 2 is 1.96 bits per heavy atom. The van der Waals surface area contributed by atoms with E-state index in [0.717, 1.165) is 38.2 Å². The third-order valence-electron chi connectivity index (χ3n) is 5.22. The van der Waals surface area contributed by atoms with Gasteiger partial charge in [-0.15, -0.1) is 5.10 Å². The highest BCUT2D eigenvalue weighted by Gasteiger charge is 2.23. The molecule has 6 nitrogen and oxygen atoms in total. The second kappa shape index (κ2) is 7.62. The van der Waals surface area contributed by atoms with Gasteiger partial charge in [0.1, 0.15) is 11.5 Å². The molecule has 1 aliphatic heterocycles. The average molecular weight is 369 g/mol. The highest BCUT2D eigenvalue weighted by Crippen LogP contribution is 2.25. The monoisotopic (exact) mass is 369 g/mol. The summed E-state index contributed by atoms with van der Waals surface area (Å²) in [7, 11) is 0. The molecule has 1 fully saturated rings. The number of hydrogen-bond donors (Lipinski definition) is 1. The predicted molar refractivity (Wildman–Crippen MR) is 99.9 cm³/mol. The molecule has 1 aliphatic rings. The van der Waals surface area contributed by atoms with Crippen LogP contribution in [-0.4, -0.2) is 42.7 Å². The standard InChI is InChI=1S/C20H24FN5O/c1-15(27)19-14-26(23-22-19)16-8-11-24(12-9-16)13-17-5-4-10-25(17)20-7-3-2-6-18(20)21/h2-7,10,14-16,27H,8-9,11-13H2,1H3/t15-/m0/s1. The van der Waals surface area contributed by atoms with Gasteiger partial charge in [-0.1, -0.05) is 17.3 Å². The molecule has 1 N–H and O–H groups in total. The summed E-state index contributed by atoms with van der Waals surface area (Å²) in [6.07, 6.45) is 5.11. The SMILES string of the molecule is C[C@H](O)c1cn(C2CCN(Cc3cccn3-c3ccccc3F)CC2)nn1. The lowest BCUT2D eigenvalue weighted by Crippen LogP contribution is -2.34. The third kappa shape index (κ3) is 3.79. The van der Waals surface area contributed by atoms with Gasteiger partial charge in [-0.2, -0.15) is 0 Å². The zero-order valence-corrected chi connectivity index (χ0v) is 15.4. The minimum Gasteiger partial charge on any atom is -0.387 e. The van der Waals surface area contributed by atoms with Gasteiger partial charge in [-0.05, 0) is 44.0 Å². The Bertz CT molecular complexity index is 895. The molecule has 2 aromatic heterocycles. The summed E-state index contributed by atoms with van der Waals surface area (Å²) in [5, 5.41) is 17.8. The number of para-hydroxylation sites is 1. The van der Waals surface area contributed by atoms with Crippen molar-refractivity contribution in [1.82, 2.24) is 24.5 Å². The van der Waals surface area contributed by atoms with Gasteiger partial charge in [-0.3, -0.25) is 4.90 Å². The zero-order valence-electron chi connectivity index (χ0n) is 15.4. The number of piperidine rings is 1. The molecular weight excluding hydrogens is 345 g/mol. The van der Waals surface area contributed by atoms with E-state index >= 15 is 0 Å². The van der Waals surface area contributed by atoms with E-state index < -0.39 is 6.10 Å². The molecule has 0 amide bonds. The summed E-state index contributed by atoms with van der Waals surface area (Å²) in [5.74, 6) is -0.214. The Morgan fingerprint density at radius 1 is 1.19 bits per heavy atom. The van der Waals surface area contributed by atoms with Gasteiger partial charge in [0.2, 0.25) is 0 Å². The Morgan fingerprint density at radius 3 is 2.67 bits per heavy atom. The van der Waals surface area contributed by atoms with E-state index in [0.29, 0.717) is 17.4 Å². The van der Waals surface area contributed by atoms with E-state index in [1.165, 1.54) is 6.07 Å². The largest absolute Gasteiger partial charge is 0.387 e. The van der Waals surface area contributed by atoms with E-state index in [9.17, 15) is 9.50 Å². The van der Waals surface area contributed by atoms with Crippen LogP contribution in [0.2, 0.25) is 0 Å². The Labute approximate surface area is 157 Å². The first kappa shape index (κ1) is 17.9. The number of halogens is 1. The first-order chi connectivity index (χ1) is 13.1. The highest BCUT2D eigenvalue weighted by molar-refractivity contribution is 5.36. The van der Waals surface area contributed by atoms with Crippen molar-refractivity contribution in [1.29, 1.82) is 0 Å². The number of nitrogens with zero attached hydrogens (tertiary/aromatic N) is 5. The van der Waals surface area contributed by atoms with Gasteiger partial charge in [0.05, 0.1) is 24.0 Å². The summed E-state index contributed by atoms with van der Waals surface area (Å²) in [6, 6.07) is 11.2. The number of rotatable bonds is 5. The normalized spacial score (nSPS) is 17.3. The van der Waals surface area contributed by atoms with E-state index in [1.807, 2.05) is 39.8 Å². The Kier molecular flexibility index (Phi) is 5.05. The third-order valence-corrected chi connectivity index (χ3v) is 5.22. The molecule has 0 aliphatic carbocycles. The van der Waals surface area contributed by atoms with Gasteiger partial charge in [0.15, 0.2) is 0 Å². The number of aliphatic hydroxyl groups excluding tert-OH is 1. The highest BCUT2D eigenvalue weighted by atomic mass is 19.1. The van der Waals surface area contributed by atoms with Crippen molar-refractivity contribution in [2.75, 3.05) is 13.1 Å². The van der Waals surface area contributed by atoms with Crippen LogP contribution in [0.3, 0.4) is 0 Å². The molecule has 0 spiro atoms. The van der Waals surface area contributed by atoms with Crippen LogP contribution in [0, 0.1) is 5.82 Å². The fourth-order valence-corrected chi connectivity index (χ4v) is 3.66. The number of benzene rings is 1. The van der Waals surface area contributed by atoms with Crippen molar-refractivity contribution in [3.05, 3.63) is 66.0 Å². The Hall–Kier alpha value is -2.51. The zero-order chi connectivity index (χ0) is 18.8. The van der Waals surface area contributed by atoms with Crippen LogP contribution in [0.5, 0.6) is 0 Å². The summed E-state index contributed by atoms with van der Waals surface area (Å²) in [4.78, 5) is 2.38. The van der Waals surface area contributed by atoms with E-state index in [-0.39, 0.29) is 5.82 Å². The number of likely N-dealkylation sites (tertiary alicyclic amines) is 1. The molecule has 1 aromatic carbocycles. The lowest BCUT2D eigenvalue weighted by Gasteiger charge is -2.32. The van der Waals surface area contributed by atoms with E-state index in [4.69, 9.17) is 0 Å². The van der Waals surface area contributed by atoms with Gasteiger partial charge in [-0.25, -0.2) is 9.07 Å². The van der Waals surface area contributed by atoms with Crippen LogP contribution in [-0.2, 0) is 6.54 Å². The summed E-state index contributed by atoms with van der Waals surface area (Å²) < 4.78 is 17.9. The van der Waals surface area contributed by atoms with Crippen molar-refractivity contribution in [3.8, 4) is 5.69 Å². The van der Waals surface area contributed by atoms with Crippen LogP contribution in [0.15, 0.2) is 48.8 Å². The molecule has 7 heteroatoms. The maximum Gasteiger partial charge on any atom is 0.147 e. The first-order valence-corrected chi connectivity index (χ1v) is 9.35. The van der Waals surface area contributed by atoms with Crippen LogP contribution < -0.4 is 0 Å². The average Bonchev–Trinajstić information content (AvgIpc) is 3.33. The van der Waals surface area contributed by atoms with Gasteiger partial charge in [0, 0.05) is 31.5 Å². The molecular formula is C20H24FN5O. The smallest absolute Gasteiger partial charge is 0.147 e. The van der Waals surface area contributed by atoms with Crippen molar-refractivity contribution in [3.63, 3.8) is 0 Å². The van der Waals surface area contributed by atoms with Crippen LogP contribution in [0.4, 0.5) is 4.39 Å². The summed E-state index contributed by atoms with van der Waals surface area (Å²) >= 11 is 0. The van der Waals surface area contributed by atoms with Crippen LogP contribution in [0.1, 0.15) is 43.3 Å². The first-order valence-electron chi connectivity index (χ1n) is 9.35. The van der Waals surface area contributed by atoms with Crippen LogP contribution >= 0.6 is 0 Å². The molecule has 1 saturated heterocycles. The minimum absolute atomic E-state index is 0.214. The maximum atomic E-state index is 14.1. The molecule has 3 aromatic rings. The fourth-order valence-electron chi connectivity index (χ4n) is 3.66. The summed E-state index contributed by atoms with van der Waals surface area (Å²) in [5.41, 5.74) is 2.27. The van der Waals surface area contributed by atoms with Crippen molar-refractivity contribution >= 4 is 0 Å². The van der Waals surface area contributed by atoms with Gasteiger partial charge >= 0.3 is 0 Å². The molecule has 0 radical (unpaired) electrons. The lowest BCUT2D eigenvalue weighted by atomic mass is 10.1. The molecule has 27 heavy (non-hydrogen) atoms. The maximum absolute atomic E-state index is 14.1. The molecule has 1 atom stereocenters. The Balaban J connectivity index is 1.40. The van der Waals surface area contributed by atoms with Crippen molar-refractivity contribution in [2.45, 2.75) is 38.5 Å². The molecule has 4 rings (SSSR count). The van der Waals surface area contributed by atoms with Gasteiger partial charge in [0.25, 0.3) is 0 Å². The second-order valence-electron chi connectivity index (χ2n) is 7.13. The topological polar surface area (TPSA) is 59.1 Å². The number of aromatic nitrogens is 4. The number of aliphatic hydroxyl groups is 1. The number of hydrogen-bond acceptors (Lipinski definition) is 4. The minimum atomic E-state index is -0.593. The molecule has 0 bridgehead atoms. The van der Waals surface area contributed by atoms with Crippen molar-refractivity contribution < 1.29 is 9.50 Å². The fraction of sp³-hybridized carbons (Fsp3) is 0.400. The van der Waals surface area contributed by atoms with Crippen molar-refractivity contribution in [2.24, 2.45) is 0 Å². The van der Waals surface area contributed by atoms with E-state index in [2.05, 4.69) is 15.2 Å². The molecule has 0 unspecified atom stereocenters.